The molecule has 1 rings (SSSR count). The fraction of sp³-hybridized carbons (Fsp3) is 0.696. The van der Waals surface area contributed by atoms with E-state index in [2.05, 4.69) is 104 Å². The SMILES string of the molecule is CC/C=C\C/C=C\C/C=C\C/C=C\C/C=C\C/C=C\C/C=C\CCCCCC(=O)NC(COC1OC(CO)C(O)C(O)C1O)C(O)/C=C/CCCCCCCCCCCCCCCCC. The van der Waals surface area contributed by atoms with E-state index < -0.39 is 49.5 Å². The smallest absolute Gasteiger partial charge is 0.220 e. The average Bonchev–Trinajstić information content (AvgIpc) is 3.31. The first-order valence-corrected chi connectivity index (χ1v) is 26.0. The Labute approximate surface area is 396 Å². The molecule has 1 amide bonds. The molecule has 1 heterocycles. The first kappa shape index (κ1) is 60.1. The van der Waals surface area contributed by atoms with Crippen molar-refractivity contribution in [1.82, 2.24) is 5.32 Å². The molecular weight excluding hydrogens is 815 g/mol. The number of hydrogen-bond acceptors (Lipinski definition) is 8. The number of amides is 1. The molecule has 9 nitrogen and oxygen atoms in total. The van der Waals surface area contributed by atoms with E-state index in [4.69, 9.17) is 9.47 Å². The van der Waals surface area contributed by atoms with Crippen molar-refractivity contribution in [1.29, 1.82) is 0 Å². The number of unbranched alkanes of at least 4 members (excludes halogenated alkanes) is 18. The van der Waals surface area contributed by atoms with Gasteiger partial charge in [-0.1, -0.05) is 207 Å². The second kappa shape index (κ2) is 44.9. The number of nitrogens with one attached hydrogen (secondary N) is 1. The number of hydrogen-bond donors (Lipinski definition) is 6. The van der Waals surface area contributed by atoms with Gasteiger partial charge in [0.1, 0.15) is 24.4 Å². The monoisotopic (exact) mass is 910 g/mol. The third kappa shape index (κ3) is 35.0. The molecule has 1 aliphatic heterocycles. The zero-order valence-electron chi connectivity index (χ0n) is 41.0. The molecule has 7 atom stereocenters. The summed E-state index contributed by atoms with van der Waals surface area (Å²) in [5.41, 5.74) is 0. The Balaban J connectivity index is 2.34. The molecule has 372 valence electrons. The third-order valence-corrected chi connectivity index (χ3v) is 11.7. The summed E-state index contributed by atoms with van der Waals surface area (Å²) in [7, 11) is 0. The average molecular weight is 910 g/mol. The molecule has 7 unspecified atom stereocenters. The highest BCUT2D eigenvalue weighted by Crippen LogP contribution is 2.22. The largest absolute Gasteiger partial charge is 0.394 e. The van der Waals surface area contributed by atoms with Gasteiger partial charge in [0.2, 0.25) is 5.91 Å². The summed E-state index contributed by atoms with van der Waals surface area (Å²) in [6.07, 6.45) is 57.3. The molecule has 0 aromatic rings. The molecular formula is C56H95NO8. The van der Waals surface area contributed by atoms with Crippen LogP contribution in [0, 0.1) is 0 Å². The van der Waals surface area contributed by atoms with Gasteiger partial charge >= 0.3 is 0 Å². The van der Waals surface area contributed by atoms with Gasteiger partial charge in [0.25, 0.3) is 0 Å². The zero-order chi connectivity index (χ0) is 47.3. The summed E-state index contributed by atoms with van der Waals surface area (Å²) < 4.78 is 11.2. The number of ether oxygens (including phenoxy) is 2. The highest BCUT2D eigenvalue weighted by Gasteiger charge is 2.44. The number of allylic oxidation sites excluding steroid dienone is 15. The lowest BCUT2D eigenvalue weighted by atomic mass is 9.99. The van der Waals surface area contributed by atoms with Crippen LogP contribution < -0.4 is 5.32 Å². The van der Waals surface area contributed by atoms with E-state index >= 15 is 0 Å². The summed E-state index contributed by atoms with van der Waals surface area (Å²) in [4.78, 5) is 13.0. The fourth-order valence-electron chi connectivity index (χ4n) is 7.55. The minimum Gasteiger partial charge on any atom is -0.394 e. The van der Waals surface area contributed by atoms with Crippen LogP contribution in [0.3, 0.4) is 0 Å². The standard InChI is InChI=1S/C56H95NO8/c1-3-5-7-9-11-13-15-17-19-21-22-23-24-25-26-27-28-30-32-34-36-38-40-42-44-46-52(60)57-49(48-64-56-55(63)54(62)53(61)51(47-58)65-56)50(59)45-43-41-39-37-35-33-31-29-20-18-16-14-12-10-8-6-4-2/h5,7,11,13,17,19,22-23,25-26,28,30,34,36,43,45,49-51,53-56,58-59,61-63H,3-4,6,8-10,12,14-16,18,20-21,24,27,29,31-33,35,37-42,44,46-48H2,1-2H3,(H,57,60)/b7-5-,13-11-,19-17-,23-22-,26-25-,30-28-,36-34-,45-43+. The normalized spacial score (nSPS) is 20.8. The summed E-state index contributed by atoms with van der Waals surface area (Å²) in [5, 5.41) is 54.3. The second-order valence-electron chi connectivity index (χ2n) is 17.6. The molecule has 0 spiro atoms. The van der Waals surface area contributed by atoms with Crippen LogP contribution in [0.2, 0.25) is 0 Å². The van der Waals surface area contributed by atoms with Gasteiger partial charge in [0.15, 0.2) is 6.29 Å². The van der Waals surface area contributed by atoms with Crippen molar-refractivity contribution in [2.75, 3.05) is 13.2 Å². The Kier molecular flexibility index (Phi) is 41.6. The van der Waals surface area contributed by atoms with E-state index in [1.54, 1.807) is 6.08 Å². The molecule has 1 fully saturated rings. The maximum Gasteiger partial charge on any atom is 0.220 e. The number of aliphatic hydroxyl groups excluding tert-OH is 5. The molecule has 0 aromatic heterocycles. The van der Waals surface area contributed by atoms with E-state index in [1.165, 1.54) is 83.5 Å². The van der Waals surface area contributed by atoms with Crippen LogP contribution in [-0.2, 0) is 14.3 Å². The van der Waals surface area contributed by atoms with Crippen LogP contribution in [-0.4, -0.2) is 87.5 Å². The van der Waals surface area contributed by atoms with Gasteiger partial charge in [0.05, 0.1) is 25.4 Å². The number of aliphatic hydroxyl groups is 5. The molecule has 65 heavy (non-hydrogen) atoms. The lowest BCUT2D eigenvalue weighted by molar-refractivity contribution is -0.302. The van der Waals surface area contributed by atoms with Crippen LogP contribution in [0.25, 0.3) is 0 Å². The maximum absolute atomic E-state index is 13.0. The summed E-state index contributed by atoms with van der Waals surface area (Å²) in [6, 6.07) is -0.830. The van der Waals surface area contributed by atoms with Gasteiger partial charge in [0, 0.05) is 6.42 Å². The predicted octanol–water partition coefficient (Wildman–Crippen LogP) is 12.1. The molecule has 0 bridgehead atoms. The highest BCUT2D eigenvalue weighted by atomic mass is 16.7. The number of carbonyl (C=O) groups is 1. The van der Waals surface area contributed by atoms with E-state index in [1.807, 2.05) is 6.08 Å². The summed E-state index contributed by atoms with van der Waals surface area (Å²) in [5.74, 6) is -0.213. The molecule has 1 aliphatic rings. The van der Waals surface area contributed by atoms with Crippen molar-refractivity contribution < 1.29 is 39.8 Å². The van der Waals surface area contributed by atoms with Crippen molar-refractivity contribution in [2.45, 2.75) is 236 Å². The van der Waals surface area contributed by atoms with Crippen molar-refractivity contribution in [3.63, 3.8) is 0 Å². The first-order valence-electron chi connectivity index (χ1n) is 26.0. The van der Waals surface area contributed by atoms with Gasteiger partial charge in [-0.05, 0) is 77.0 Å². The van der Waals surface area contributed by atoms with Crippen molar-refractivity contribution in [3.05, 3.63) is 97.2 Å². The van der Waals surface area contributed by atoms with Crippen LogP contribution in [0.5, 0.6) is 0 Å². The van der Waals surface area contributed by atoms with Crippen molar-refractivity contribution in [3.8, 4) is 0 Å². The summed E-state index contributed by atoms with van der Waals surface area (Å²) in [6.45, 7) is 3.63. The van der Waals surface area contributed by atoms with Crippen LogP contribution >= 0.6 is 0 Å². The first-order chi connectivity index (χ1) is 31.8. The van der Waals surface area contributed by atoms with Crippen LogP contribution in [0.15, 0.2) is 97.2 Å². The van der Waals surface area contributed by atoms with Crippen LogP contribution in [0.1, 0.15) is 194 Å². The van der Waals surface area contributed by atoms with E-state index in [9.17, 15) is 30.3 Å². The second-order valence-corrected chi connectivity index (χ2v) is 17.6. The van der Waals surface area contributed by atoms with Gasteiger partial charge in [-0.15, -0.1) is 0 Å². The zero-order valence-corrected chi connectivity index (χ0v) is 41.0. The van der Waals surface area contributed by atoms with Gasteiger partial charge in [-0.25, -0.2) is 0 Å². The Morgan fingerprint density at radius 2 is 0.954 bits per heavy atom. The van der Waals surface area contributed by atoms with Gasteiger partial charge in [-0.2, -0.15) is 0 Å². The molecule has 1 saturated heterocycles. The van der Waals surface area contributed by atoms with E-state index in [0.29, 0.717) is 12.8 Å². The highest BCUT2D eigenvalue weighted by molar-refractivity contribution is 5.76. The van der Waals surface area contributed by atoms with Crippen LogP contribution in [0.4, 0.5) is 0 Å². The van der Waals surface area contributed by atoms with Gasteiger partial charge < -0.3 is 40.3 Å². The number of rotatable bonds is 42. The summed E-state index contributed by atoms with van der Waals surface area (Å²) >= 11 is 0. The Morgan fingerprint density at radius 3 is 1.42 bits per heavy atom. The lowest BCUT2D eigenvalue weighted by Crippen LogP contribution is -2.60. The molecule has 0 saturated carbocycles. The quantitative estimate of drug-likeness (QED) is 0.0262. The fourth-order valence-corrected chi connectivity index (χ4v) is 7.55. The minimum absolute atomic E-state index is 0.208. The minimum atomic E-state index is -1.58. The van der Waals surface area contributed by atoms with E-state index in [0.717, 1.165) is 83.5 Å². The Bertz CT molecular complexity index is 1330. The third-order valence-electron chi connectivity index (χ3n) is 11.7. The lowest BCUT2D eigenvalue weighted by Gasteiger charge is -2.40. The van der Waals surface area contributed by atoms with Gasteiger partial charge in [-0.3, -0.25) is 4.79 Å². The van der Waals surface area contributed by atoms with Crippen molar-refractivity contribution in [2.24, 2.45) is 0 Å². The Hall–Kier alpha value is -2.89. The number of carbonyl (C=O) groups excluding carboxylic acids is 1. The molecule has 6 N–H and O–H groups in total. The topological polar surface area (TPSA) is 149 Å². The molecule has 9 heteroatoms. The molecule has 0 aromatic carbocycles. The predicted molar refractivity (Wildman–Crippen MR) is 271 cm³/mol. The van der Waals surface area contributed by atoms with Crippen molar-refractivity contribution >= 4 is 5.91 Å². The molecule has 0 radical (unpaired) electrons. The molecule has 0 aliphatic carbocycles. The Morgan fingerprint density at radius 1 is 0.538 bits per heavy atom. The van der Waals surface area contributed by atoms with E-state index in [-0.39, 0.29) is 12.5 Å². The maximum atomic E-state index is 13.0.